The van der Waals surface area contributed by atoms with Crippen LogP contribution in [0, 0.1) is 12.8 Å². The molecule has 0 spiro atoms. The number of β-amino-alcohol motifs (C(OH)–C–C–N with tert-alkyl or cyclic N) is 1. The molecule has 1 fully saturated rings. The lowest BCUT2D eigenvalue weighted by atomic mass is 10.0. The Labute approximate surface area is 145 Å². The number of aromatic amines is 2. The van der Waals surface area contributed by atoms with Crippen molar-refractivity contribution >= 4 is 16.8 Å². The van der Waals surface area contributed by atoms with Crippen molar-refractivity contribution in [1.29, 1.82) is 0 Å². The predicted octanol–water partition coefficient (Wildman–Crippen LogP) is 1.80. The van der Waals surface area contributed by atoms with E-state index in [1.807, 2.05) is 43.5 Å². The van der Waals surface area contributed by atoms with E-state index in [0.717, 1.165) is 27.9 Å². The molecule has 3 aromatic rings. The fourth-order valence-electron chi connectivity index (χ4n) is 3.66. The largest absolute Gasteiger partial charge is 0.391 e. The number of aromatic nitrogens is 3. The summed E-state index contributed by atoms with van der Waals surface area (Å²) < 4.78 is 0. The van der Waals surface area contributed by atoms with Crippen molar-refractivity contribution in [1.82, 2.24) is 20.1 Å². The second-order valence-electron chi connectivity index (χ2n) is 6.91. The zero-order chi connectivity index (χ0) is 17.4. The first-order valence-corrected chi connectivity index (χ1v) is 8.62. The van der Waals surface area contributed by atoms with Crippen molar-refractivity contribution in [3.8, 4) is 0 Å². The number of carbonyl (C=O) groups excluding carboxylic acids is 1. The summed E-state index contributed by atoms with van der Waals surface area (Å²) >= 11 is 0. The van der Waals surface area contributed by atoms with Crippen LogP contribution in [-0.2, 0) is 17.6 Å². The van der Waals surface area contributed by atoms with Gasteiger partial charge in [0, 0.05) is 41.8 Å². The van der Waals surface area contributed by atoms with Crippen LogP contribution in [0.4, 0.5) is 0 Å². The van der Waals surface area contributed by atoms with Gasteiger partial charge in [-0.05, 0) is 31.0 Å². The zero-order valence-electron chi connectivity index (χ0n) is 14.2. The van der Waals surface area contributed by atoms with Gasteiger partial charge in [-0.15, -0.1) is 0 Å². The lowest BCUT2D eigenvalue weighted by Crippen LogP contribution is -2.30. The number of fused-ring (bicyclic) bond motifs is 1. The lowest BCUT2D eigenvalue weighted by Gasteiger charge is -2.15. The van der Waals surface area contributed by atoms with Crippen molar-refractivity contribution in [2.75, 3.05) is 13.1 Å². The summed E-state index contributed by atoms with van der Waals surface area (Å²) in [6.07, 6.45) is 2.44. The van der Waals surface area contributed by atoms with Crippen LogP contribution in [0.1, 0.15) is 17.0 Å². The molecule has 0 radical (unpaired) electrons. The van der Waals surface area contributed by atoms with Crippen molar-refractivity contribution in [3.63, 3.8) is 0 Å². The molecule has 3 N–H and O–H groups in total. The van der Waals surface area contributed by atoms with Gasteiger partial charge in [0.1, 0.15) is 0 Å². The smallest absolute Gasteiger partial charge is 0.227 e. The number of nitrogens with zero attached hydrogens (tertiary/aromatic N) is 2. The number of hydrogen-bond donors (Lipinski definition) is 3. The molecule has 6 heteroatoms. The maximum absolute atomic E-state index is 12.7. The Morgan fingerprint density at radius 2 is 2.20 bits per heavy atom. The molecule has 2 aromatic heterocycles. The summed E-state index contributed by atoms with van der Waals surface area (Å²) in [5, 5.41) is 18.6. The molecule has 0 saturated carbocycles. The molecule has 130 valence electrons. The van der Waals surface area contributed by atoms with Crippen LogP contribution < -0.4 is 0 Å². The third kappa shape index (κ3) is 3.17. The molecule has 0 bridgehead atoms. The number of carbonyl (C=O) groups is 1. The van der Waals surface area contributed by atoms with E-state index in [0.29, 0.717) is 25.9 Å². The van der Waals surface area contributed by atoms with Crippen LogP contribution in [0.2, 0.25) is 0 Å². The van der Waals surface area contributed by atoms with E-state index in [-0.39, 0.29) is 11.8 Å². The molecule has 6 nitrogen and oxygen atoms in total. The fourth-order valence-corrected chi connectivity index (χ4v) is 3.66. The van der Waals surface area contributed by atoms with E-state index in [9.17, 15) is 9.90 Å². The standard InChI is InChI=1S/C19H22N4O2/c1-12-6-15(22-21-12)7-14-10-23(11-18(14)24)19(25)8-13-9-20-17-5-3-2-4-16(13)17/h2-6,9,14,18,20,24H,7-8,10-11H2,1H3,(H,21,22)/t14-,18-/m1/s1. The number of aliphatic hydroxyl groups is 1. The van der Waals surface area contributed by atoms with E-state index in [1.165, 1.54) is 0 Å². The predicted molar refractivity (Wildman–Crippen MR) is 95.1 cm³/mol. The average molecular weight is 338 g/mol. The number of H-pyrrole nitrogens is 2. The van der Waals surface area contributed by atoms with E-state index in [4.69, 9.17) is 0 Å². The van der Waals surface area contributed by atoms with Crippen LogP contribution >= 0.6 is 0 Å². The highest BCUT2D eigenvalue weighted by molar-refractivity contribution is 5.89. The molecule has 3 heterocycles. The van der Waals surface area contributed by atoms with Gasteiger partial charge >= 0.3 is 0 Å². The first kappa shape index (κ1) is 15.9. The van der Waals surface area contributed by atoms with Crippen LogP contribution in [0.3, 0.4) is 0 Å². The van der Waals surface area contributed by atoms with Crippen molar-refractivity contribution in [2.45, 2.75) is 25.9 Å². The Kier molecular flexibility index (Phi) is 4.05. The second kappa shape index (κ2) is 6.37. The SMILES string of the molecule is Cc1cc(C[C@@H]2CN(C(=O)Cc3c[nH]c4ccccc34)C[C@H]2O)n[nH]1. The Hall–Kier alpha value is -2.60. The quantitative estimate of drug-likeness (QED) is 0.678. The highest BCUT2D eigenvalue weighted by atomic mass is 16.3. The molecular weight excluding hydrogens is 316 g/mol. The van der Waals surface area contributed by atoms with Crippen molar-refractivity contribution in [2.24, 2.45) is 5.92 Å². The number of nitrogens with one attached hydrogen (secondary N) is 2. The summed E-state index contributed by atoms with van der Waals surface area (Å²) in [5.41, 5.74) is 3.99. The van der Waals surface area contributed by atoms with Gasteiger partial charge in [-0.2, -0.15) is 5.10 Å². The summed E-state index contributed by atoms with van der Waals surface area (Å²) in [5.74, 6) is 0.0964. The number of likely N-dealkylation sites (tertiary alicyclic amines) is 1. The molecule has 25 heavy (non-hydrogen) atoms. The van der Waals surface area contributed by atoms with Gasteiger partial charge in [0.05, 0.1) is 18.2 Å². The molecule has 1 saturated heterocycles. The molecule has 0 aliphatic carbocycles. The van der Waals surface area contributed by atoms with E-state index >= 15 is 0 Å². The van der Waals surface area contributed by atoms with Crippen molar-refractivity contribution < 1.29 is 9.90 Å². The molecule has 4 rings (SSSR count). The maximum Gasteiger partial charge on any atom is 0.227 e. The van der Waals surface area contributed by atoms with Crippen LogP contribution in [0.15, 0.2) is 36.5 Å². The third-order valence-corrected chi connectivity index (χ3v) is 5.01. The molecule has 1 aliphatic rings. The van der Waals surface area contributed by atoms with Gasteiger partial charge < -0.3 is 15.0 Å². The van der Waals surface area contributed by atoms with E-state index in [2.05, 4.69) is 15.2 Å². The summed E-state index contributed by atoms with van der Waals surface area (Å²) in [6.45, 7) is 2.93. The second-order valence-corrected chi connectivity index (χ2v) is 6.91. The number of rotatable bonds is 4. The Morgan fingerprint density at radius 3 is 3.00 bits per heavy atom. The van der Waals surface area contributed by atoms with Gasteiger partial charge in [0.15, 0.2) is 0 Å². The molecule has 0 unspecified atom stereocenters. The highest BCUT2D eigenvalue weighted by Gasteiger charge is 2.34. The number of para-hydroxylation sites is 1. The van der Waals surface area contributed by atoms with Crippen LogP contribution in [-0.4, -0.2) is 50.3 Å². The molecule has 1 aliphatic heterocycles. The molecule has 1 aromatic carbocycles. The highest BCUT2D eigenvalue weighted by Crippen LogP contribution is 2.24. The molecule has 2 atom stereocenters. The Bertz CT molecular complexity index is 898. The minimum atomic E-state index is -0.496. The zero-order valence-corrected chi connectivity index (χ0v) is 14.2. The number of aryl methyl sites for hydroxylation is 1. The lowest BCUT2D eigenvalue weighted by molar-refractivity contribution is -0.129. The normalized spacial score (nSPS) is 20.5. The average Bonchev–Trinajstić information content (AvgIpc) is 3.29. The number of hydrogen-bond acceptors (Lipinski definition) is 3. The van der Waals surface area contributed by atoms with Gasteiger partial charge in [0.2, 0.25) is 5.91 Å². The van der Waals surface area contributed by atoms with Gasteiger partial charge in [-0.25, -0.2) is 0 Å². The maximum atomic E-state index is 12.7. The summed E-state index contributed by atoms with van der Waals surface area (Å²) in [7, 11) is 0. The first-order chi connectivity index (χ1) is 12.1. The van der Waals surface area contributed by atoms with E-state index < -0.39 is 6.10 Å². The third-order valence-electron chi connectivity index (χ3n) is 5.01. The first-order valence-electron chi connectivity index (χ1n) is 8.62. The topological polar surface area (TPSA) is 85.0 Å². The summed E-state index contributed by atoms with van der Waals surface area (Å²) in [4.78, 5) is 17.7. The fraction of sp³-hybridized carbons (Fsp3) is 0.368. The minimum absolute atomic E-state index is 0.0367. The monoisotopic (exact) mass is 338 g/mol. The van der Waals surface area contributed by atoms with Crippen molar-refractivity contribution in [3.05, 3.63) is 53.5 Å². The van der Waals surface area contributed by atoms with E-state index in [1.54, 1.807) is 4.90 Å². The number of aliphatic hydroxyl groups excluding tert-OH is 1. The van der Waals surface area contributed by atoms with Gasteiger partial charge in [-0.1, -0.05) is 18.2 Å². The minimum Gasteiger partial charge on any atom is -0.391 e. The number of amides is 1. The number of benzene rings is 1. The van der Waals surface area contributed by atoms with Gasteiger partial charge in [0.25, 0.3) is 0 Å². The molecular formula is C19H22N4O2. The van der Waals surface area contributed by atoms with Crippen LogP contribution in [0.5, 0.6) is 0 Å². The summed E-state index contributed by atoms with van der Waals surface area (Å²) in [6, 6.07) is 9.97. The Morgan fingerprint density at radius 1 is 1.36 bits per heavy atom. The molecule has 1 amide bonds. The Balaban J connectivity index is 1.42. The van der Waals surface area contributed by atoms with Gasteiger partial charge in [-0.3, -0.25) is 9.89 Å². The van der Waals surface area contributed by atoms with Crippen LogP contribution in [0.25, 0.3) is 10.9 Å².